The van der Waals surface area contributed by atoms with Gasteiger partial charge in [0.1, 0.15) is 11.8 Å². The third kappa shape index (κ3) is 2.05. The van der Waals surface area contributed by atoms with E-state index in [1.54, 1.807) is 6.07 Å². The molecule has 3 heteroatoms. The molecule has 15 heavy (non-hydrogen) atoms. The number of nitrogen functional groups attached to an aromatic ring is 1. The SMILES string of the molecule is C=C(C)c1cc(C#N)nc(C(=C)C)c1N. The van der Waals surface area contributed by atoms with Crippen molar-refractivity contribution in [1.29, 1.82) is 5.26 Å². The van der Waals surface area contributed by atoms with E-state index in [-0.39, 0.29) is 0 Å². The Labute approximate surface area is 89.6 Å². The topological polar surface area (TPSA) is 62.7 Å². The lowest BCUT2D eigenvalue weighted by Gasteiger charge is -2.10. The maximum atomic E-state index is 8.83. The lowest BCUT2D eigenvalue weighted by molar-refractivity contribution is 1.21. The molecule has 0 amide bonds. The van der Waals surface area contributed by atoms with Gasteiger partial charge in [0.25, 0.3) is 0 Å². The summed E-state index contributed by atoms with van der Waals surface area (Å²) in [6.07, 6.45) is 0. The van der Waals surface area contributed by atoms with Gasteiger partial charge in [-0.25, -0.2) is 4.98 Å². The van der Waals surface area contributed by atoms with E-state index >= 15 is 0 Å². The molecule has 0 saturated heterocycles. The van der Waals surface area contributed by atoms with Crippen LogP contribution in [0.15, 0.2) is 19.2 Å². The molecule has 1 heterocycles. The summed E-state index contributed by atoms with van der Waals surface area (Å²) in [4.78, 5) is 4.11. The second-order valence-electron chi connectivity index (χ2n) is 3.49. The highest BCUT2D eigenvalue weighted by Gasteiger charge is 2.10. The summed E-state index contributed by atoms with van der Waals surface area (Å²) in [5, 5.41) is 8.83. The Morgan fingerprint density at radius 3 is 2.40 bits per heavy atom. The minimum atomic E-state index is 0.334. The van der Waals surface area contributed by atoms with E-state index in [2.05, 4.69) is 18.1 Å². The van der Waals surface area contributed by atoms with Gasteiger partial charge in [0, 0.05) is 5.56 Å². The molecule has 1 aromatic rings. The molecule has 0 fully saturated rings. The normalized spacial score (nSPS) is 9.40. The van der Waals surface area contributed by atoms with Gasteiger partial charge in [-0.2, -0.15) is 5.26 Å². The summed E-state index contributed by atoms with van der Waals surface area (Å²) in [5.41, 5.74) is 9.68. The lowest BCUT2D eigenvalue weighted by Crippen LogP contribution is -2.02. The van der Waals surface area contributed by atoms with Crippen LogP contribution in [-0.2, 0) is 0 Å². The largest absolute Gasteiger partial charge is 0.396 e. The summed E-state index contributed by atoms with van der Waals surface area (Å²) in [5.74, 6) is 0. The van der Waals surface area contributed by atoms with E-state index in [1.165, 1.54) is 0 Å². The molecule has 0 unspecified atom stereocenters. The molecule has 3 nitrogen and oxygen atoms in total. The molecule has 1 aromatic heterocycles. The molecule has 0 radical (unpaired) electrons. The van der Waals surface area contributed by atoms with Crippen LogP contribution in [0.5, 0.6) is 0 Å². The highest BCUT2D eigenvalue weighted by atomic mass is 14.8. The molecule has 2 N–H and O–H groups in total. The van der Waals surface area contributed by atoms with Gasteiger partial charge in [-0.3, -0.25) is 0 Å². The van der Waals surface area contributed by atoms with Crippen LogP contribution >= 0.6 is 0 Å². The Morgan fingerprint density at radius 2 is 2.00 bits per heavy atom. The minimum absolute atomic E-state index is 0.334. The van der Waals surface area contributed by atoms with Crippen molar-refractivity contribution in [2.75, 3.05) is 5.73 Å². The first-order valence-corrected chi connectivity index (χ1v) is 4.49. The maximum Gasteiger partial charge on any atom is 0.141 e. The number of nitrogens with two attached hydrogens (primary N) is 1. The van der Waals surface area contributed by atoms with Crippen LogP contribution in [0.4, 0.5) is 5.69 Å². The standard InChI is InChI=1S/C12H13N3/c1-7(2)10-5-9(6-13)15-12(8(3)4)11(10)14/h5H,1,3,14H2,2,4H3. The number of hydrogen-bond donors (Lipinski definition) is 1. The predicted octanol–water partition coefficient (Wildman–Crippen LogP) is 2.60. The monoisotopic (exact) mass is 199 g/mol. The van der Waals surface area contributed by atoms with Crippen molar-refractivity contribution >= 4 is 16.8 Å². The average Bonchev–Trinajstić information content (AvgIpc) is 2.17. The fourth-order valence-electron chi connectivity index (χ4n) is 1.29. The first kappa shape index (κ1) is 11.0. The molecule has 0 saturated carbocycles. The van der Waals surface area contributed by atoms with Gasteiger partial charge in [-0.1, -0.05) is 13.2 Å². The van der Waals surface area contributed by atoms with Gasteiger partial charge in [-0.05, 0) is 31.1 Å². The fraction of sp³-hybridized carbons (Fsp3) is 0.167. The van der Waals surface area contributed by atoms with Crippen LogP contribution in [0.3, 0.4) is 0 Å². The Bertz CT molecular complexity index is 443. The number of pyridine rings is 1. The van der Waals surface area contributed by atoms with Gasteiger partial charge in [0.05, 0.1) is 11.4 Å². The summed E-state index contributed by atoms with van der Waals surface area (Å²) < 4.78 is 0. The molecule has 76 valence electrons. The van der Waals surface area contributed by atoms with Crippen LogP contribution in [0.1, 0.15) is 30.8 Å². The quantitative estimate of drug-likeness (QED) is 0.796. The summed E-state index contributed by atoms with van der Waals surface area (Å²) >= 11 is 0. The van der Waals surface area contributed by atoms with Gasteiger partial charge in [-0.15, -0.1) is 0 Å². The second-order valence-corrected chi connectivity index (χ2v) is 3.49. The van der Waals surface area contributed by atoms with E-state index in [0.717, 1.165) is 16.7 Å². The predicted molar refractivity (Wildman–Crippen MR) is 62.8 cm³/mol. The summed E-state index contributed by atoms with van der Waals surface area (Å²) in [6.45, 7) is 11.2. The van der Waals surface area contributed by atoms with Gasteiger partial charge < -0.3 is 5.73 Å². The molecule has 0 aromatic carbocycles. The maximum absolute atomic E-state index is 8.83. The minimum Gasteiger partial charge on any atom is -0.396 e. The Morgan fingerprint density at radius 1 is 1.40 bits per heavy atom. The van der Waals surface area contributed by atoms with E-state index < -0.39 is 0 Å². The Hall–Kier alpha value is -2.08. The summed E-state index contributed by atoms with van der Waals surface area (Å²) in [7, 11) is 0. The molecular formula is C12H13N3. The highest BCUT2D eigenvalue weighted by molar-refractivity contribution is 5.81. The fourth-order valence-corrected chi connectivity index (χ4v) is 1.29. The molecule has 0 spiro atoms. The van der Waals surface area contributed by atoms with Crippen LogP contribution < -0.4 is 5.73 Å². The number of hydrogen-bond acceptors (Lipinski definition) is 3. The average molecular weight is 199 g/mol. The smallest absolute Gasteiger partial charge is 0.141 e. The van der Waals surface area contributed by atoms with Gasteiger partial charge in [0.2, 0.25) is 0 Å². The lowest BCUT2D eigenvalue weighted by atomic mass is 10.0. The number of allylic oxidation sites excluding steroid dienone is 2. The van der Waals surface area contributed by atoms with Crippen molar-refractivity contribution in [1.82, 2.24) is 4.98 Å². The van der Waals surface area contributed by atoms with Gasteiger partial charge >= 0.3 is 0 Å². The third-order valence-corrected chi connectivity index (χ3v) is 2.04. The van der Waals surface area contributed by atoms with Crippen molar-refractivity contribution < 1.29 is 0 Å². The first-order valence-electron chi connectivity index (χ1n) is 4.49. The van der Waals surface area contributed by atoms with Crippen molar-refractivity contribution in [3.63, 3.8) is 0 Å². The molecule has 1 rings (SSSR count). The first-order chi connectivity index (χ1) is 6.97. The Kier molecular flexibility index (Phi) is 2.91. The van der Waals surface area contributed by atoms with Crippen LogP contribution in [0.2, 0.25) is 0 Å². The number of aromatic nitrogens is 1. The summed E-state index contributed by atoms with van der Waals surface area (Å²) in [6, 6.07) is 3.64. The molecule has 0 aliphatic carbocycles. The second kappa shape index (κ2) is 3.97. The van der Waals surface area contributed by atoms with Crippen molar-refractivity contribution in [3.05, 3.63) is 36.2 Å². The van der Waals surface area contributed by atoms with Crippen LogP contribution in [0.25, 0.3) is 11.1 Å². The molecular weight excluding hydrogens is 186 g/mol. The Balaban J connectivity index is 3.56. The zero-order valence-corrected chi connectivity index (χ0v) is 8.96. The number of rotatable bonds is 2. The van der Waals surface area contributed by atoms with Gasteiger partial charge in [0.15, 0.2) is 0 Å². The van der Waals surface area contributed by atoms with Crippen LogP contribution in [-0.4, -0.2) is 4.98 Å². The van der Waals surface area contributed by atoms with Crippen molar-refractivity contribution in [3.8, 4) is 6.07 Å². The van der Waals surface area contributed by atoms with E-state index in [1.807, 2.05) is 19.9 Å². The zero-order valence-electron chi connectivity index (χ0n) is 8.96. The zero-order chi connectivity index (χ0) is 11.6. The number of nitrogens with zero attached hydrogens (tertiary/aromatic N) is 2. The molecule has 0 atom stereocenters. The highest BCUT2D eigenvalue weighted by Crippen LogP contribution is 2.26. The van der Waals surface area contributed by atoms with E-state index in [9.17, 15) is 0 Å². The molecule has 0 aliphatic heterocycles. The molecule has 0 bridgehead atoms. The van der Waals surface area contributed by atoms with Crippen molar-refractivity contribution in [2.45, 2.75) is 13.8 Å². The molecule has 0 aliphatic rings. The number of anilines is 1. The van der Waals surface area contributed by atoms with Crippen LogP contribution in [0, 0.1) is 11.3 Å². The number of nitriles is 1. The third-order valence-electron chi connectivity index (χ3n) is 2.04. The van der Waals surface area contributed by atoms with Crippen molar-refractivity contribution in [2.24, 2.45) is 0 Å². The van der Waals surface area contributed by atoms with E-state index in [0.29, 0.717) is 17.1 Å². The van der Waals surface area contributed by atoms with E-state index in [4.69, 9.17) is 11.0 Å².